The van der Waals surface area contributed by atoms with Crippen LogP contribution in [0.3, 0.4) is 0 Å². The Hall–Kier alpha value is -0.830. The second-order valence-corrected chi connectivity index (χ2v) is 2.45. The smallest absolute Gasteiger partial charge is 0.0948 e. The molecular formula is C8H15N3. The van der Waals surface area contributed by atoms with Gasteiger partial charge in [-0.2, -0.15) is 0 Å². The molecule has 0 atom stereocenters. The summed E-state index contributed by atoms with van der Waals surface area (Å²) in [5, 5.41) is 3.26. The maximum Gasteiger partial charge on any atom is 0.0948 e. The summed E-state index contributed by atoms with van der Waals surface area (Å²) in [5.41, 5.74) is 1.26. The maximum atomic E-state index is 4.07. The summed E-state index contributed by atoms with van der Waals surface area (Å²) in [6, 6.07) is 0. The number of nitrogens with zero attached hydrogens (tertiary/aromatic N) is 2. The molecule has 3 nitrogen and oxygen atoms in total. The highest BCUT2D eigenvalue weighted by Gasteiger charge is 1.96. The number of aromatic nitrogens is 2. The van der Waals surface area contributed by atoms with Gasteiger partial charge in [0.25, 0.3) is 0 Å². The molecule has 1 heterocycles. The topological polar surface area (TPSA) is 29.9 Å². The predicted octanol–water partition coefficient (Wildman–Crippen LogP) is 1.01. The molecule has 0 aliphatic carbocycles. The van der Waals surface area contributed by atoms with Crippen LogP contribution in [0.2, 0.25) is 0 Å². The molecule has 0 unspecified atom stereocenters. The predicted molar refractivity (Wildman–Crippen MR) is 45.3 cm³/mol. The summed E-state index contributed by atoms with van der Waals surface area (Å²) in [6.45, 7) is 7.16. The van der Waals surface area contributed by atoms with Gasteiger partial charge in [0.15, 0.2) is 0 Å². The first-order valence-corrected chi connectivity index (χ1v) is 4.08. The van der Waals surface area contributed by atoms with Gasteiger partial charge >= 0.3 is 0 Å². The van der Waals surface area contributed by atoms with Crippen molar-refractivity contribution < 1.29 is 0 Å². The third-order valence-electron chi connectivity index (χ3n) is 1.70. The highest BCUT2D eigenvalue weighted by molar-refractivity contribution is 4.97. The Labute approximate surface area is 67.4 Å². The summed E-state index contributed by atoms with van der Waals surface area (Å²) >= 11 is 0. The van der Waals surface area contributed by atoms with Crippen molar-refractivity contribution in [2.24, 2.45) is 0 Å². The van der Waals surface area contributed by atoms with E-state index in [0.717, 1.165) is 19.6 Å². The molecule has 3 heteroatoms. The molecule has 0 fully saturated rings. The van der Waals surface area contributed by atoms with Crippen LogP contribution in [-0.4, -0.2) is 16.1 Å². The number of aryl methyl sites for hydroxylation is 1. The minimum atomic E-state index is 0.921. The first kappa shape index (κ1) is 8.27. The first-order valence-electron chi connectivity index (χ1n) is 4.08. The fraction of sp³-hybridized carbons (Fsp3) is 0.625. The van der Waals surface area contributed by atoms with Crippen molar-refractivity contribution in [1.82, 2.24) is 14.9 Å². The van der Waals surface area contributed by atoms with E-state index < -0.39 is 0 Å². The molecule has 1 aromatic heterocycles. The average molecular weight is 153 g/mol. The largest absolute Gasteiger partial charge is 0.334 e. The van der Waals surface area contributed by atoms with E-state index in [1.165, 1.54) is 5.69 Å². The van der Waals surface area contributed by atoms with E-state index >= 15 is 0 Å². The van der Waals surface area contributed by atoms with E-state index in [1.54, 1.807) is 0 Å². The molecule has 0 saturated carbocycles. The van der Waals surface area contributed by atoms with E-state index in [2.05, 4.69) is 28.7 Å². The van der Waals surface area contributed by atoms with Crippen LogP contribution < -0.4 is 5.32 Å². The monoisotopic (exact) mass is 153 g/mol. The van der Waals surface area contributed by atoms with Crippen LogP contribution in [0, 0.1) is 0 Å². The Bertz CT molecular complexity index is 205. The van der Waals surface area contributed by atoms with Crippen molar-refractivity contribution in [1.29, 1.82) is 0 Å². The lowest BCUT2D eigenvalue weighted by Gasteiger charge is -2.04. The van der Waals surface area contributed by atoms with Gasteiger partial charge in [-0.05, 0) is 13.5 Å². The van der Waals surface area contributed by atoms with Crippen LogP contribution in [0.4, 0.5) is 0 Å². The molecule has 0 amide bonds. The van der Waals surface area contributed by atoms with Crippen LogP contribution in [0.1, 0.15) is 19.5 Å². The van der Waals surface area contributed by atoms with Crippen LogP contribution >= 0.6 is 0 Å². The average Bonchev–Trinajstić information content (AvgIpc) is 2.47. The highest BCUT2D eigenvalue weighted by atomic mass is 15.1. The molecule has 62 valence electrons. The third kappa shape index (κ3) is 2.05. The number of hydrogen-bond acceptors (Lipinski definition) is 2. The SMILES string of the molecule is CCNCc1cncn1CC. The summed E-state index contributed by atoms with van der Waals surface area (Å²) < 4.78 is 2.14. The van der Waals surface area contributed by atoms with Gasteiger partial charge < -0.3 is 9.88 Å². The zero-order valence-electron chi connectivity index (χ0n) is 7.17. The molecule has 1 rings (SSSR count). The molecular weight excluding hydrogens is 138 g/mol. The molecule has 0 radical (unpaired) electrons. The van der Waals surface area contributed by atoms with E-state index in [4.69, 9.17) is 0 Å². The quantitative estimate of drug-likeness (QED) is 0.699. The molecule has 0 spiro atoms. The van der Waals surface area contributed by atoms with Gasteiger partial charge in [0.05, 0.1) is 12.0 Å². The zero-order chi connectivity index (χ0) is 8.10. The summed E-state index contributed by atoms with van der Waals surface area (Å²) in [6.07, 6.45) is 3.78. The number of rotatable bonds is 4. The molecule has 0 bridgehead atoms. The van der Waals surface area contributed by atoms with Crippen molar-refractivity contribution in [3.05, 3.63) is 18.2 Å². The van der Waals surface area contributed by atoms with Gasteiger partial charge in [-0.15, -0.1) is 0 Å². The Morgan fingerprint density at radius 1 is 1.55 bits per heavy atom. The summed E-state index contributed by atoms with van der Waals surface area (Å²) in [5.74, 6) is 0. The van der Waals surface area contributed by atoms with Crippen molar-refractivity contribution in [2.75, 3.05) is 6.54 Å². The minimum absolute atomic E-state index is 0.921. The standard InChI is InChI=1S/C8H15N3/c1-3-9-5-8-6-10-7-11(8)4-2/h6-7,9H,3-5H2,1-2H3. The summed E-state index contributed by atoms with van der Waals surface area (Å²) in [4.78, 5) is 4.07. The first-order chi connectivity index (χ1) is 5.38. The van der Waals surface area contributed by atoms with Gasteiger partial charge in [0.2, 0.25) is 0 Å². The fourth-order valence-corrected chi connectivity index (χ4v) is 1.03. The van der Waals surface area contributed by atoms with Gasteiger partial charge in [-0.3, -0.25) is 0 Å². The third-order valence-corrected chi connectivity index (χ3v) is 1.70. The van der Waals surface area contributed by atoms with Gasteiger partial charge in [-0.25, -0.2) is 4.98 Å². The molecule has 0 saturated heterocycles. The molecule has 0 aliphatic rings. The number of nitrogens with one attached hydrogen (secondary N) is 1. The lowest BCUT2D eigenvalue weighted by Crippen LogP contribution is -2.14. The lowest BCUT2D eigenvalue weighted by molar-refractivity contribution is 0.645. The van der Waals surface area contributed by atoms with Gasteiger partial charge in [-0.1, -0.05) is 6.92 Å². The molecule has 0 aromatic carbocycles. The minimum Gasteiger partial charge on any atom is -0.334 e. The second kappa shape index (κ2) is 4.13. The Morgan fingerprint density at radius 3 is 3.00 bits per heavy atom. The Balaban J connectivity index is 2.54. The molecule has 0 aliphatic heterocycles. The van der Waals surface area contributed by atoms with E-state index in [-0.39, 0.29) is 0 Å². The van der Waals surface area contributed by atoms with Crippen LogP contribution in [0.25, 0.3) is 0 Å². The van der Waals surface area contributed by atoms with E-state index in [0.29, 0.717) is 0 Å². The van der Waals surface area contributed by atoms with Crippen molar-refractivity contribution in [2.45, 2.75) is 26.9 Å². The highest BCUT2D eigenvalue weighted by Crippen LogP contribution is 1.97. The lowest BCUT2D eigenvalue weighted by atomic mass is 10.4. The van der Waals surface area contributed by atoms with Crippen LogP contribution in [-0.2, 0) is 13.1 Å². The molecule has 1 N–H and O–H groups in total. The van der Waals surface area contributed by atoms with E-state index in [9.17, 15) is 0 Å². The zero-order valence-corrected chi connectivity index (χ0v) is 7.17. The van der Waals surface area contributed by atoms with Crippen molar-refractivity contribution in [3.63, 3.8) is 0 Å². The van der Waals surface area contributed by atoms with Crippen molar-refractivity contribution in [3.8, 4) is 0 Å². The second-order valence-electron chi connectivity index (χ2n) is 2.45. The number of imidazole rings is 1. The molecule has 1 aromatic rings. The Morgan fingerprint density at radius 2 is 2.36 bits per heavy atom. The Kier molecular flexibility index (Phi) is 3.11. The van der Waals surface area contributed by atoms with Gasteiger partial charge in [0, 0.05) is 19.3 Å². The number of hydrogen-bond donors (Lipinski definition) is 1. The van der Waals surface area contributed by atoms with E-state index in [1.807, 2.05) is 12.5 Å². The summed E-state index contributed by atoms with van der Waals surface area (Å²) in [7, 11) is 0. The van der Waals surface area contributed by atoms with Gasteiger partial charge in [0.1, 0.15) is 0 Å². The fourth-order valence-electron chi connectivity index (χ4n) is 1.03. The molecule has 11 heavy (non-hydrogen) atoms. The van der Waals surface area contributed by atoms with Crippen LogP contribution in [0.5, 0.6) is 0 Å². The maximum absolute atomic E-state index is 4.07. The van der Waals surface area contributed by atoms with Crippen molar-refractivity contribution >= 4 is 0 Å². The normalized spacial score (nSPS) is 10.4. The van der Waals surface area contributed by atoms with Crippen LogP contribution in [0.15, 0.2) is 12.5 Å².